The Bertz CT molecular complexity index is 1120. The number of hydroxylamine groups is 4. The van der Waals surface area contributed by atoms with Gasteiger partial charge in [0.1, 0.15) is 24.2 Å². The molecular weight excluding hydrogens is 484 g/mol. The summed E-state index contributed by atoms with van der Waals surface area (Å²) in [5.41, 5.74) is 12.3. The topological polar surface area (TPSA) is 186 Å². The van der Waals surface area contributed by atoms with E-state index in [9.17, 15) is 27.6 Å². The maximum absolute atomic E-state index is 12.9. The summed E-state index contributed by atoms with van der Waals surface area (Å²) >= 11 is 0. The third-order valence-electron chi connectivity index (χ3n) is 7.34. The molecular formula is C20H24N6O8S. The predicted molar refractivity (Wildman–Crippen MR) is 114 cm³/mol. The lowest BCUT2D eigenvalue weighted by Crippen LogP contribution is -2.47. The summed E-state index contributed by atoms with van der Waals surface area (Å²) in [5.74, 6) is -1.26. The molecule has 6 aliphatic rings. The van der Waals surface area contributed by atoms with Gasteiger partial charge in [-0.05, 0) is 48.7 Å². The third kappa shape index (κ3) is 3.56. The molecule has 0 aromatic rings. The summed E-state index contributed by atoms with van der Waals surface area (Å²) < 4.78 is 36.0. The van der Waals surface area contributed by atoms with Crippen LogP contribution in [0.5, 0.6) is 0 Å². The maximum atomic E-state index is 12.9. The lowest BCUT2D eigenvalue weighted by atomic mass is 9.96. The first-order valence-electron chi connectivity index (χ1n) is 11.4. The molecule has 4 unspecified atom stereocenters. The van der Waals surface area contributed by atoms with Gasteiger partial charge in [0.2, 0.25) is 11.8 Å². The van der Waals surface area contributed by atoms with E-state index >= 15 is 0 Å². The van der Waals surface area contributed by atoms with Crippen molar-refractivity contribution in [1.82, 2.24) is 19.9 Å². The second-order valence-electron chi connectivity index (χ2n) is 9.69. The standard InChI is InChI=1S/C20H24N6O8S/c21-17(27)13-5-11(9-1-2-9)15-7-23(13)19(29)25(15)33-35(31,32)34-26-16-8-24(20(26)30)14(18(22)28)6-12(16)10-3-4-10/h5-6,9-10,13-16H,1-4,7-8H2,(H2,21,27)(H2,22,28). The van der Waals surface area contributed by atoms with E-state index in [0.29, 0.717) is 21.3 Å². The van der Waals surface area contributed by atoms with Gasteiger partial charge >= 0.3 is 22.5 Å². The minimum atomic E-state index is -4.95. The number of nitrogens with zero attached hydrogens (tertiary/aromatic N) is 4. The number of fused-ring (bicyclic) bond motifs is 4. The summed E-state index contributed by atoms with van der Waals surface area (Å²) in [6, 6.07) is -5.17. The number of amides is 6. The molecule has 188 valence electrons. The van der Waals surface area contributed by atoms with Crippen LogP contribution in [0.3, 0.4) is 0 Å². The fourth-order valence-corrected chi connectivity index (χ4v) is 6.17. The van der Waals surface area contributed by atoms with Gasteiger partial charge in [-0.2, -0.15) is 18.5 Å². The molecule has 2 saturated carbocycles. The minimum absolute atomic E-state index is 0.0399. The first-order valence-corrected chi connectivity index (χ1v) is 12.7. The minimum Gasteiger partial charge on any atom is -0.368 e. The molecule has 4 aliphatic heterocycles. The van der Waals surface area contributed by atoms with Crippen LogP contribution in [0.1, 0.15) is 25.7 Å². The van der Waals surface area contributed by atoms with Gasteiger partial charge < -0.3 is 21.3 Å². The Kier molecular flexibility index (Phi) is 4.72. The van der Waals surface area contributed by atoms with Crippen molar-refractivity contribution in [2.45, 2.75) is 49.9 Å². The second-order valence-corrected chi connectivity index (χ2v) is 10.8. The predicted octanol–water partition coefficient (Wildman–Crippen LogP) is -1.29. The van der Waals surface area contributed by atoms with Crippen LogP contribution in [0.25, 0.3) is 0 Å². The number of hydrogen-bond donors (Lipinski definition) is 2. The highest BCUT2D eigenvalue weighted by Gasteiger charge is 2.55. The number of hydrogen-bond acceptors (Lipinski definition) is 8. The van der Waals surface area contributed by atoms with Crippen LogP contribution in [0.4, 0.5) is 9.59 Å². The molecule has 15 heteroatoms. The van der Waals surface area contributed by atoms with Crippen LogP contribution < -0.4 is 11.5 Å². The number of primary amides is 2. The SMILES string of the molecule is NC(=O)C1C=C(C2CC2)C2CN1C(=O)N2OS(=O)(=O)ON1C(=O)N2CC1C(C1CC1)=CC2C(N)=O. The van der Waals surface area contributed by atoms with Crippen molar-refractivity contribution in [2.24, 2.45) is 23.3 Å². The highest BCUT2D eigenvalue weighted by molar-refractivity contribution is 7.81. The van der Waals surface area contributed by atoms with Gasteiger partial charge in [-0.1, -0.05) is 12.2 Å². The van der Waals surface area contributed by atoms with E-state index in [2.05, 4.69) is 0 Å². The van der Waals surface area contributed by atoms with E-state index in [0.717, 1.165) is 35.5 Å². The molecule has 2 saturated heterocycles. The van der Waals surface area contributed by atoms with E-state index in [-0.39, 0.29) is 24.9 Å². The van der Waals surface area contributed by atoms with Crippen LogP contribution in [0.15, 0.2) is 23.3 Å². The van der Waals surface area contributed by atoms with Crippen molar-refractivity contribution >= 4 is 34.3 Å². The highest BCUT2D eigenvalue weighted by Crippen LogP contribution is 2.46. The van der Waals surface area contributed by atoms with Crippen LogP contribution in [0.2, 0.25) is 0 Å². The van der Waals surface area contributed by atoms with Gasteiger partial charge in [-0.15, -0.1) is 8.57 Å². The van der Waals surface area contributed by atoms with Crippen molar-refractivity contribution in [1.29, 1.82) is 0 Å². The van der Waals surface area contributed by atoms with Gasteiger partial charge in [0.25, 0.3) is 0 Å². The highest BCUT2D eigenvalue weighted by atomic mass is 32.3. The molecule has 4 heterocycles. The van der Waals surface area contributed by atoms with Crippen molar-refractivity contribution < 1.29 is 36.2 Å². The molecule has 2 aliphatic carbocycles. The van der Waals surface area contributed by atoms with Crippen LogP contribution in [0, 0.1) is 11.8 Å². The molecule has 14 nitrogen and oxygen atoms in total. The zero-order valence-corrected chi connectivity index (χ0v) is 19.3. The molecule has 4 bridgehead atoms. The Hall–Kier alpha value is -3.17. The molecule has 6 amide bonds. The second kappa shape index (κ2) is 7.41. The Labute approximate surface area is 200 Å². The molecule has 0 aromatic carbocycles. The third-order valence-corrected chi connectivity index (χ3v) is 8.03. The van der Waals surface area contributed by atoms with Gasteiger partial charge in [-0.3, -0.25) is 9.59 Å². The van der Waals surface area contributed by atoms with Gasteiger partial charge in [0.15, 0.2) is 0 Å². The quantitative estimate of drug-likeness (QED) is 0.379. The average Bonchev–Trinajstić information content (AvgIpc) is 3.71. The van der Waals surface area contributed by atoms with Crippen LogP contribution in [-0.4, -0.2) is 89.5 Å². The first-order chi connectivity index (χ1) is 16.6. The monoisotopic (exact) mass is 508 g/mol. The molecule has 4 atom stereocenters. The lowest BCUT2D eigenvalue weighted by molar-refractivity contribution is -0.121. The van der Waals surface area contributed by atoms with E-state index < -0.39 is 58.4 Å². The number of carbonyl (C=O) groups is 4. The van der Waals surface area contributed by atoms with E-state index in [1.54, 1.807) is 12.2 Å². The number of rotatable bonds is 8. The molecule has 6 rings (SSSR count). The molecule has 4 N–H and O–H groups in total. The Morgan fingerprint density at radius 1 is 0.771 bits per heavy atom. The van der Waals surface area contributed by atoms with Crippen molar-refractivity contribution in [3.63, 3.8) is 0 Å². The van der Waals surface area contributed by atoms with Gasteiger partial charge in [0, 0.05) is 0 Å². The summed E-state index contributed by atoms with van der Waals surface area (Å²) in [4.78, 5) is 51.9. The normalized spacial score (nSPS) is 32.2. The van der Waals surface area contributed by atoms with Crippen molar-refractivity contribution in [3.05, 3.63) is 23.3 Å². The Morgan fingerprint density at radius 2 is 1.14 bits per heavy atom. The molecule has 0 spiro atoms. The van der Waals surface area contributed by atoms with Crippen LogP contribution in [-0.2, 0) is 28.6 Å². The summed E-state index contributed by atoms with van der Waals surface area (Å²) in [6.45, 7) is 0.0798. The molecule has 35 heavy (non-hydrogen) atoms. The van der Waals surface area contributed by atoms with Crippen molar-refractivity contribution in [3.8, 4) is 0 Å². The smallest absolute Gasteiger partial charge is 0.368 e. The van der Waals surface area contributed by atoms with E-state index in [4.69, 9.17) is 20.0 Å². The maximum Gasteiger partial charge on any atom is 0.442 e. The molecule has 4 fully saturated rings. The Morgan fingerprint density at radius 3 is 1.46 bits per heavy atom. The average molecular weight is 509 g/mol. The first kappa shape index (κ1) is 22.3. The molecule has 0 aromatic heterocycles. The zero-order chi connectivity index (χ0) is 24.8. The Balaban J connectivity index is 1.24. The summed E-state index contributed by atoms with van der Waals surface area (Å²) in [7, 11) is -4.95. The molecule has 0 radical (unpaired) electrons. The summed E-state index contributed by atoms with van der Waals surface area (Å²) in [6.07, 6.45) is 6.57. The van der Waals surface area contributed by atoms with Crippen molar-refractivity contribution in [2.75, 3.05) is 13.1 Å². The summed E-state index contributed by atoms with van der Waals surface area (Å²) in [5, 5.41) is 1.33. The lowest BCUT2D eigenvalue weighted by Gasteiger charge is -2.28. The zero-order valence-electron chi connectivity index (χ0n) is 18.5. The van der Waals surface area contributed by atoms with E-state index in [1.165, 1.54) is 0 Å². The van der Waals surface area contributed by atoms with Gasteiger partial charge in [-0.25, -0.2) is 9.59 Å². The largest absolute Gasteiger partial charge is 0.442 e. The van der Waals surface area contributed by atoms with Crippen LogP contribution >= 0.6 is 0 Å². The van der Waals surface area contributed by atoms with E-state index in [1.807, 2.05) is 0 Å². The number of carbonyl (C=O) groups excluding carboxylic acids is 4. The fourth-order valence-electron chi connectivity index (χ4n) is 5.41. The number of nitrogens with two attached hydrogens (primary N) is 2. The van der Waals surface area contributed by atoms with Gasteiger partial charge in [0.05, 0.1) is 13.1 Å². The fraction of sp³-hybridized carbons (Fsp3) is 0.600. The number of urea groups is 2.